The van der Waals surface area contributed by atoms with Gasteiger partial charge in [-0.1, -0.05) is 36.4 Å². The maximum atomic E-state index is 14.4. The first-order chi connectivity index (χ1) is 13.0. The maximum Gasteiger partial charge on any atom is 0.311 e. The summed E-state index contributed by atoms with van der Waals surface area (Å²) >= 11 is 0. The summed E-state index contributed by atoms with van der Waals surface area (Å²) in [6.07, 6.45) is 10.1. The summed E-state index contributed by atoms with van der Waals surface area (Å²) in [5.41, 5.74) is 0.707. The molecule has 2 unspecified atom stereocenters. The molecule has 4 nitrogen and oxygen atoms in total. The number of piperidine rings is 1. The SMILES string of the molecule is CCOC(=O)C1CCCN(C(=O)c2c(C)cccc2F)C1[C@@H]1C=CC=CC1. The molecule has 1 saturated heterocycles. The molecule has 3 atom stereocenters. The highest BCUT2D eigenvalue weighted by Crippen LogP contribution is 2.35. The summed E-state index contributed by atoms with van der Waals surface area (Å²) in [7, 11) is 0. The van der Waals surface area contributed by atoms with Crippen LogP contribution in [0.1, 0.15) is 42.1 Å². The molecule has 1 amide bonds. The number of halogens is 1. The Morgan fingerprint density at radius 2 is 2.11 bits per heavy atom. The van der Waals surface area contributed by atoms with Crippen molar-refractivity contribution in [1.29, 1.82) is 0 Å². The number of hydrogen-bond acceptors (Lipinski definition) is 3. The lowest BCUT2D eigenvalue weighted by atomic mass is 9.78. The number of allylic oxidation sites excluding steroid dienone is 3. The molecule has 144 valence electrons. The molecule has 1 aliphatic carbocycles. The molecule has 2 aliphatic rings. The summed E-state index contributed by atoms with van der Waals surface area (Å²) in [5.74, 6) is -1.51. The van der Waals surface area contributed by atoms with Crippen molar-refractivity contribution in [3.63, 3.8) is 0 Å². The van der Waals surface area contributed by atoms with Crippen molar-refractivity contribution in [3.05, 3.63) is 59.4 Å². The van der Waals surface area contributed by atoms with E-state index in [0.717, 1.165) is 6.42 Å². The van der Waals surface area contributed by atoms with Crippen LogP contribution >= 0.6 is 0 Å². The summed E-state index contributed by atoms with van der Waals surface area (Å²) in [6, 6.07) is 4.32. The van der Waals surface area contributed by atoms with Crippen LogP contribution in [0, 0.1) is 24.6 Å². The second-order valence-corrected chi connectivity index (χ2v) is 7.13. The molecule has 5 heteroatoms. The highest BCUT2D eigenvalue weighted by molar-refractivity contribution is 5.96. The first kappa shape index (κ1) is 19.3. The van der Waals surface area contributed by atoms with Gasteiger partial charge >= 0.3 is 5.97 Å². The summed E-state index contributed by atoms with van der Waals surface area (Å²) < 4.78 is 19.7. The normalized spacial score (nSPS) is 24.7. The Morgan fingerprint density at radius 3 is 2.78 bits per heavy atom. The summed E-state index contributed by atoms with van der Waals surface area (Å²) in [4.78, 5) is 27.6. The van der Waals surface area contributed by atoms with Crippen molar-refractivity contribution < 1.29 is 18.7 Å². The Balaban J connectivity index is 1.98. The number of carbonyl (C=O) groups excluding carboxylic acids is 2. The zero-order chi connectivity index (χ0) is 19.4. The second-order valence-electron chi connectivity index (χ2n) is 7.13. The molecular formula is C22H26FNO3. The topological polar surface area (TPSA) is 46.6 Å². The zero-order valence-corrected chi connectivity index (χ0v) is 15.9. The van der Waals surface area contributed by atoms with Gasteiger partial charge in [0.05, 0.1) is 24.1 Å². The van der Waals surface area contributed by atoms with Gasteiger partial charge in [0.2, 0.25) is 0 Å². The van der Waals surface area contributed by atoms with Crippen molar-refractivity contribution in [3.8, 4) is 0 Å². The predicted molar refractivity (Wildman–Crippen MR) is 102 cm³/mol. The van der Waals surface area contributed by atoms with Crippen molar-refractivity contribution >= 4 is 11.9 Å². The number of hydrogen-bond donors (Lipinski definition) is 0. The molecule has 1 heterocycles. The molecule has 0 saturated carbocycles. The van der Waals surface area contributed by atoms with E-state index in [2.05, 4.69) is 0 Å². The average Bonchev–Trinajstić information content (AvgIpc) is 2.68. The number of ether oxygens (including phenoxy) is 1. The molecular weight excluding hydrogens is 345 g/mol. The van der Waals surface area contributed by atoms with Crippen LogP contribution in [0.25, 0.3) is 0 Å². The Labute approximate surface area is 159 Å². The average molecular weight is 371 g/mol. The van der Waals surface area contributed by atoms with Crippen LogP contribution in [0.4, 0.5) is 4.39 Å². The Morgan fingerprint density at radius 1 is 1.30 bits per heavy atom. The highest BCUT2D eigenvalue weighted by Gasteiger charge is 2.43. The summed E-state index contributed by atoms with van der Waals surface area (Å²) in [6.45, 7) is 4.34. The fourth-order valence-electron chi connectivity index (χ4n) is 4.19. The molecule has 0 bridgehead atoms. The fraction of sp³-hybridized carbons (Fsp3) is 0.455. The van der Waals surface area contributed by atoms with Crippen molar-refractivity contribution in [2.75, 3.05) is 13.2 Å². The lowest BCUT2D eigenvalue weighted by Crippen LogP contribution is -2.54. The van der Waals surface area contributed by atoms with Gasteiger partial charge in [0.1, 0.15) is 5.82 Å². The molecule has 1 aromatic rings. The van der Waals surface area contributed by atoms with E-state index in [9.17, 15) is 14.0 Å². The molecule has 1 aliphatic heterocycles. The number of nitrogens with zero attached hydrogens (tertiary/aromatic N) is 1. The van der Waals surface area contributed by atoms with E-state index in [1.165, 1.54) is 6.07 Å². The van der Waals surface area contributed by atoms with Crippen LogP contribution in [-0.2, 0) is 9.53 Å². The number of esters is 1. The van der Waals surface area contributed by atoms with Crippen molar-refractivity contribution in [2.45, 2.75) is 39.2 Å². The van der Waals surface area contributed by atoms with Gasteiger partial charge < -0.3 is 9.64 Å². The third kappa shape index (κ3) is 3.97. The third-order valence-corrected chi connectivity index (χ3v) is 5.42. The fourth-order valence-corrected chi connectivity index (χ4v) is 4.19. The first-order valence-electron chi connectivity index (χ1n) is 9.60. The largest absolute Gasteiger partial charge is 0.466 e. The molecule has 27 heavy (non-hydrogen) atoms. The molecule has 0 N–H and O–H groups in total. The van der Waals surface area contributed by atoms with E-state index in [4.69, 9.17) is 4.74 Å². The molecule has 3 rings (SSSR count). The van der Waals surface area contributed by atoms with Crippen LogP contribution in [-0.4, -0.2) is 36.0 Å². The first-order valence-corrected chi connectivity index (χ1v) is 9.60. The van der Waals surface area contributed by atoms with Gasteiger partial charge in [-0.3, -0.25) is 9.59 Å². The van der Waals surface area contributed by atoms with E-state index >= 15 is 0 Å². The minimum atomic E-state index is -0.518. The molecule has 0 spiro atoms. The second kappa shape index (κ2) is 8.51. The van der Waals surface area contributed by atoms with Crippen molar-refractivity contribution in [1.82, 2.24) is 4.90 Å². The molecule has 1 fully saturated rings. The van der Waals surface area contributed by atoms with Gasteiger partial charge in [-0.25, -0.2) is 4.39 Å². The van der Waals surface area contributed by atoms with Gasteiger partial charge in [0, 0.05) is 12.5 Å². The Kier molecular flexibility index (Phi) is 6.09. The van der Waals surface area contributed by atoms with E-state index < -0.39 is 11.7 Å². The van der Waals surface area contributed by atoms with Crippen LogP contribution < -0.4 is 0 Å². The van der Waals surface area contributed by atoms with Gasteiger partial charge in [0.25, 0.3) is 5.91 Å². The number of aryl methyl sites for hydroxylation is 1. The van der Waals surface area contributed by atoms with E-state index in [1.54, 1.807) is 30.9 Å². The zero-order valence-electron chi connectivity index (χ0n) is 15.9. The van der Waals surface area contributed by atoms with Gasteiger partial charge in [-0.15, -0.1) is 0 Å². The number of rotatable bonds is 4. The van der Waals surface area contributed by atoms with Crippen LogP contribution in [0.15, 0.2) is 42.5 Å². The standard InChI is InChI=1S/C22H26FNO3/c1-3-27-22(26)17-12-8-14-24(20(17)16-10-5-4-6-11-16)21(25)19-15(2)9-7-13-18(19)23/h4-7,9-10,13,16-17,20H,3,8,11-12,14H2,1-2H3/t16-,17?,20?/m1/s1. The monoisotopic (exact) mass is 371 g/mol. The smallest absolute Gasteiger partial charge is 0.311 e. The molecule has 1 aromatic carbocycles. The molecule has 0 radical (unpaired) electrons. The number of carbonyl (C=O) groups is 2. The number of amides is 1. The number of benzene rings is 1. The minimum Gasteiger partial charge on any atom is -0.466 e. The Hall–Kier alpha value is -2.43. The van der Waals surface area contributed by atoms with Gasteiger partial charge in [-0.05, 0) is 44.7 Å². The highest BCUT2D eigenvalue weighted by atomic mass is 19.1. The van der Waals surface area contributed by atoms with Crippen LogP contribution in [0.2, 0.25) is 0 Å². The lowest BCUT2D eigenvalue weighted by molar-refractivity contribution is -0.152. The van der Waals surface area contributed by atoms with Crippen LogP contribution in [0.3, 0.4) is 0 Å². The van der Waals surface area contributed by atoms with Crippen LogP contribution in [0.5, 0.6) is 0 Å². The lowest BCUT2D eigenvalue weighted by Gasteiger charge is -2.44. The number of likely N-dealkylation sites (tertiary alicyclic amines) is 1. The minimum absolute atomic E-state index is 0.0146. The van der Waals surface area contributed by atoms with E-state index in [-0.39, 0.29) is 29.4 Å². The van der Waals surface area contributed by atoms with Gasteiger partial charge in [-0.2, -0.15) is 0 Å². The van der Waals surface area contributed by atoms with E-state index in [0.29, 0.717) is 31.6 Å². The van der Waals surface area contributed by atoms with E-state index in [1.807, 2.05) is 24.3 Å². The Bertz CT molecular complexity index is 751. The maximum absolute atomic E-state index is 14.4. The molecule has 0 aromatic heterocycles. The van der Waals surface area contributed by atoms with Gasteiger partial charge in [0.15, 0.2) is 0 Å². The third-order valence-electron chi connectivity index (χ3n) is 5.42. The predicted octanol–water partition coefficient (Wildman–Crippen LogP) is 4.05. The quantitative estimate of drug-likeness (QED) is 0.750. The van der Waals surface area contributed by atoms with Crippen molar-refractivity contribution in [2.24, 2.45) is 11.8 Å². The summed E-state index contributed by atoms with van der Waals surface area (Å²) in [5, 5.41) is 0.